The number of esters is 1. The molecular formula is C22H26N4O7S2. The lowest BCUT2D eigenvalue weighted by atomic mass is 10.2. The quantitative estimate of drug-likeness (QED) is 0.0991. The number of hydrogen-bond acceptors (Lipinski definition) is 9. The smallest absolute Gasteiger partial charge is 0.329 e. The van der Waals surface area contributed by atoms with E-state index in [1.807, 2.05) is 13.0 Å². The van der Waals surface area contributed by atoms with Gasteiger partial charge in [0.25, 0.3) is 10.1 Å². The van der Waals surface area contributed by atoms with Gasteiger partial charge in [0.15, 0.2) is 0 Å². The van der Waals surface area contributed by atoms with Crippen molar-refractivity contribution in [1.82, 2.24) is 5.32 Å². The van der Waals surface area contributed by atoms with Crippen molar-refractivity contribution in [3.8, 4) is 5.75 Å². The van der Waals surface area contributed by atoms with E-state index in [9.17, 15) is 18.0 Å². The number of benzene rings is 2. The van der Waals surface area contributed by atoms with E-state index < -0.39 is 34.6 Å². The summed E-state index contributed by atoms with van der Waals surface area (Å²) in [6.45, 7) is 1.33. The predicted octanol–water partition coefficient (Wildman–Crippen LogP) is 2.98. The molecule has 11 nitrogen and oxygen atoms in total. The summed E-state index contributed by atoms with van der Waals surface area (Å²) in [6.07, 6.45) is 0. The van der Waals surface area contributed by atoms with Gasteiger partial charge in [-0.1, -0.05) is 34.9 Å². The number of hydrogen-bond donors (Lipinski definition) is 1. The number of nitrogens with one attached hydrogen (secondary N) is 1. The van der Waals surface area contributed by atoms with E-state index in [2.05, 4.69) is 15.3 Å². The number of nitrogens with zero attached hydrogens (tertiary/aromatic N) is 3. The highest BCUT2D eigenvalue weighted by atomic mass is 32.2. The summed E-state index contributed by atoms with van der Waals surface area (Å²) < 4.78 is 39.8. The highest BCUT2D eigenvalue weighted by Crippen LogP contribution is 2.19. The van der Waals surface area contributed by atoms with E-state index >= 15 is 0 Å². The van der Waals surface area contributed by atoms with Crippen LogP contribution in [0.15, 0.2) is 58.5 Å². The monoisotopic (exact) mass is 522 g/mol. The maximum absolute atomic E-state index is 12.2. The van der Waals surface area contributed by atoms with Crippen molar-refractivity contribution in [2.45, 2.75) is 23.6 Å². The maximum Gasteiger partial charge on any atom is 0.329 e. The standard InChI is InChI=1S/C22H26N4O7S2/c1-16-6-8-19(9-7-16)35(29,30)33-11-10-32-18-5-3-4-17(12-18)14-34-15-20(22(28)31-2)25-21(27)13-24-26-23/h3-9,12,20H,10-11,13-15H2,1-2H3,(H,25,27). The highest BCUT2D eigenvalue weighted by Gasteiger charge is 2.21. The fraction of sp³-hybridized carbons (Fsp3) is 0.364. The van der Waals surface area contributed by atoms with Gasteiger partial charge in [-0.2, -0.15) is 20.2 Å². The predicted molar refractivity (Wildman–Crippen MR) is 130 cm³/mol. The van der Waals surface area contributed by atoms with Crippen molar-refractivity contribution in [3.63, 3.8) is 0 Å². The van der Waals surface area contributed by atoms with Gasteiger partial charge >= 0.3 is 5.97 Å². The lowest BCUT2D eigenvalue weighted by molar-refractivity contribution is -0.144. The molecule has 0 saturated carbocycles. The largest absolute Gasteiger partial charge is 0.491 e. The lowest BCUT2D eigenvalue weighted by Crippen LogP contribution is -2.44. The Bertz CT molecular complexity index is 1150. The number of aryl methyl sites for hydroxylation is 1. The number of amides is 1. The molecule has 2 aromatic rings. The Kier molecular flexibility index (Phi) is 11.4. The number of ether oxygens (including phenoxy) is 2. The van der Waals surface area contributed by atoms with Crippen LogP contribution in [0, 0.1) is 6.92 Å². The summed E-state index contributed by atoms with van der Waals surface area (Å²) in [5, 5.41) is 5.64. The first-order valence-corrected chi connectivity index (χ1v) is 12.9. The number of rotatable bonds is 14. The molecule has 0 spiro atoms. The summed E-state index contributed by atoms with van der Waals surface area (Å²) in [5.74, 6) is 0.0940. The van der Waals surface area contributed by atoms with Crippen LogP contribution in [-0.4, -0.2) is 59.0 Å². The Morgan fingerprint density at radius 1 is 1.17 bits per heavy atom. The van der Waals surface area contributed by atoms with Crippen LogP contribution in [0.25, 0.3) is 10.4 Å². The van der Waals surface area contributed by atoms with Gasteiger partial charge in [0.05, 0.1) is 12.0 Å². The molecule has 1 atom stereocenters. The Hall–Kier alpha value is -3.25. The molecule has 0 bridgehead atoms. The van der Waals surface area contributed by atoms with Gasteiger partial charge in [-0.05, 0) is 42.3 Å². The lowest BCUT2D eigenvalue weighted by Gasteiger charge is -2.15. The van der Waals surface area contributed by atoms with Crippen LogP contribution in [0.5, 0.6) is 5.75 Å². The summed E-state index contributed by atoms with van der Waals surface area (Å²) in [4.78, 5) is 26.2. The van der Waals surface area contributed by atoms with Crippen LogP contribution >= 0.6 is 11.8 Å². The second kappa shape index (κ2) is 14.2. The van der Waals surface area contributed by atoms with Crippen molar-refractivity contribution >= 4 is 33.8 Å². The van der Waals surface area contributed by atoms with Crippen molar-refractivity contribution in [2.75, 3.05) is 32.6 Å². The molecule has 0 aliphatic heterocycles. The van der Waals surface area contributed by atoms with E-state index in [1.54, 1.807) is 30.3 Å². The van der Waals surface area contributed by atoms with E-state index in [-0.39, 0.29) is 23.9 Å². The molecular weight excluding hydrogens is 496 g/mol. The van der Waals surface area contributed by atoms with Crippen LogP contribution in [0.4, 0.5) is 0 Å². The molecule has 0 radical (unpaired) electrons. The molecule has 0 aliphatic carbocycles. The average Bonchev–Trinajstić information content (AvgIpc) is 2.85. The van der Waals surface area contributed by atoms with E-state index in [0.717, 1.165) is 11.1 Å². The van der Waals surface area contributed by atoms with Gasteiger partial charge in [0.2, 0.25) is 5.91 Å². The number of azide groups is 1. The first kappa shape index (κ1) is 28.0. The first-order valence-electron chi connectivity index (χ1n) is 10.4. The average molecular weight is 523 g/mol. The van der Waals surface area contributed by atoms with Gasteiger partial charge in [-0.25, -0.2) is 4.79 Å². The van der Waals surface area contributed by atoms with Crippen molar-refractivity contribution < 1.29 is 31.7 Å². The normalized spacial score (nSPS) is 11.7. The molecule has 35 heavy (non-hydrogen) atoms. The van der Waals surface area contributed by atoms with Crippen molar-refractivity contribution in [1.29, 1.82) is 0 Å². The minimum Gasteiger partial charge on any atom is -0.491 e. The summed E-state index contributed by atoms with van der Waals surface area (Å²) in [5.41, 5.74) is 10.1. The second-order valence-electron chi connectivity index (χ2n) is 7.13. The molecule has 0 aliphatic rings. The van der Waals surface area contributed by atoms with E-state index in [4.69, 9.17) is 19.2 Å². The SMILES string of the molecule is COC(=O)C(CSCc1cccc(OCCOS(=O)(=O)c2ccc(C)cc2)c1)NC(=O)CN=[N+]=[N-]. The molecule has 2 aromatic carbocycles. The third-order valence-electron chi connectivity index (χ3n) is 4.45. The Balaban J connectivity index is 1.82. The van der Waals surface area contributed by atoms with Gasteiger partial charge in [0.1, 0.15) is 31.5 Å². The van der Waals surface area contributed by atoms with Crippen molar-refractivity contribution in [3.05, 3.63) is 70.1 Å². The third-order valence-corrected chi connectivity index (χ3v) is 6.88. The minimum absolute atomic E-state index is 0.0311. The molecule has 0 saturated heterocycles. The summed E-state index contributed by atoms with van der Waals surface area (Å²) in [6, 6.07) is 12.7. The van der Waals surface area contributed by atoms with Crippen LogP contribution in [0.1, 0.15) is 11.1 Å². The fourth-order valence-corrected chi connectivity index (χ4v) is 4.62. The van der Waals surface area contributed by atoms with Crippen LogP contribution < -0.4 is 10.1 Å². The molecule has 13 heteroatoms. The van der Waals surface area contributed by atoms with E-state index in [1.165, 1.54) is 31.0 Å². The zero-order valence-electron chi connectivity index (χ0n) is 19.2. The first-order chi connectivity index (χ1) is 16.7. The second-order valence-corrected chi connectivity index (χ2v) is 9.78. The van der Waals surface area contributed by atoms with Crippen LogP contribution in [-0.2, 0) is 34.4 Å². The number of carbonyl (C=O) groups is 2. The topological polar surface area (TPSA) is 157 Å². The molecule has 2 rings (SSSR count). The highest BCUT2D eigenvalue weighted by molar-refractivity contribution is 7.98. The Labute approximate surface area is 207 Å². The van der Waals surface area contributed by atoms with Crippen LogP contribution in [0.3, 0.4) is 0 Å². The Morgan fingerprint density at radius 2 is 1.91 bits per heavy atom. The Morgan fingerprint density at radius 3 is 2.60 bits per heavy atom. The van der Waals surface area contributed by atoms with Crippen molar-refractivity contribution in [2.24, 2.45) is 5.11 Å². The van der Waals surface area contributed by atoms with Gasteiger partial charge in [0, 0.05) is 16.4 Å². The maximum atomic E-state index is 12.2. The molecule has 0 heterocycles. The number of methoxy groups -OCH3 is 1. The fourth-order valence-electron chi connectivity index (χ4n) is 2.74. The molecule has 1 unspecified atom stereocenters. The number of carbonyl (C=O) groups excluding carboxylic acids is 2. The molecule has 1 N–H and O–H groups in total. The minimum atomic E-state index is -3.86. The molecule has 188 valence electrons. The zero-order chi connectivity index (χ0) is 25.7. The zero-order valence-corrected chi connectivity index (χ0v) is 20.9. The third kappa shape index (κ3) is 9.87. The van der Waals surface area contributed by atoms with Crippen LogP contribution in [0.2, 0.25) is 0 Å². The molecule has 1 amide bonds. The molecule has 0 fully saturated rings. The molecule has 0 aromatic heterocycles. The van der Waals surface area contributed by atoms with Gasteiger partial charge in [-0.15, -0.1) is 0 Å². The van der Waals surface area contributed by atoms with E-state index in [0.29, 0.717) is 11.5 Å². The summed E-state index contributed by atoms with van der Waals surface area (Å²) >= 11 is 1.38. The van der Waals surface area contributed by atoms with Gasteiger partial charge in [-0.3, -0.25) is 8.98 Å². The van der Waals surface area contributed by atoms with Gasteiger partial charge < -0.3 is 14.8 Å². The number of thioether (sulfide) groups is 1. The summed E-state index contributed by atoms with van der Waals surface area (Å²) in [7, 11) is -2.64.